The largest absolute Gasteiger partial charge is 0.324 e. The van der Waals surface area contributed by atoms with Gasteiger partial charge >= 0.3 is 0 Å². The zero-order valence-electron chi connectivity index (χ0n) is 15.0. The van der Waals surface area contributed by atoms with Gasteiger partial charge in [0.05, 0.1) is 9.82 Å². The number of rotatable bonds is 9. The van der Waals surface area contributed by atoms with Crippen LogP contribution in [0.2, 0.25) is 0 Å². The summed E-state index contributed by atoms with van der Waals surface area (Å²) in [4.78, 5) is 12.3. The van der Waals surface area contributed by atoms with Crippen molar-refractivity contribution in [2.45, 2.75) is 31.2 Å². The van der Waals surface area contributed by atoms with Crippen LogP contribution < -0.4 is 5.73 Å². The smallest absolute Gasteiger partial charge is 0.270 e. The summed E-state index contributed by atoms with van der Waals surface area (Å²) in [5, 5.41) is 11.0. The summed E-state index contributed by atoms with van der Waals surface area (Å²) in [6, 6.07) is 3.34. The van der Waals surface area contributed by atoms with E-state index < -0.39 is 21.0 Å². The number of hydrogen-bond donors (Lipinski definition) is 1. The summed E-state index contributed by atoms with van der Waals surface area (Å²) in [6.45, 7) is 4.71. The van der Waals surface area contributed by atoms with Crippen molar-refractivity contribution in [1.82, 2.24) is 9.21 Å². The number of non-ortho nitro benzene ring substituents is 1. The summed E-state index contributed by atoms with van der Waals surface area (Å²) in [5.41, 5.74) is 6.32. The minimum Gasteiger partial charge on any atom is -0.324 e. The highest BCUT2D eigenvalue weighted by Crippen LogP contribution is 2.29. The first-order chi connectivity index (χ1) is 11.1. The van der Waals surface area contributed by atoms with E-state index in [-0.39, 0.29) is 36.1 Å². The van der Waals surface area contributed by atoms with E-state index in [4.69, 9.17) is 5.73 Å². The molecule has 1 aromatic carbocycles. The Hall–Kier alpha value is -1.26. The van der Waals surface area contributed by atoms with Crippen molar-refractivity contribution in [2.24, 2.45) is 5.73 Å². The van der Waals surface area contributed by atoms with E-state index >= 15 is 0 Å². The number of hydrogen-bond acceptors (Lipinski definition) is 6. The molecule has 10 heteroatoms. The van der Waals surface area contributed by atoms with Gasteiger partial charge in [-0.25, -0.2) is 8.42 Å². The van der Waals surface area contributed by atoms with E-state index in [1.165, 1.54) is 16.4 Å². The molecule has 0 fully saturated rings. The Morgan fingerprint density at radius 1 is 1.24 bits per heavy atom. The average molecular weight is 395 g/mol. The first kappa shape index (κ1) is 23.7. The third kappa shape index (κ3) is 5.89. The van der Waals surface area contributed by atoms with Crippen molar-refractivity contribution in [2.75, 3.05) is 33.7 Å². The predicted molar refractivity (Wildman–Crippen MR) is 101 cm³/mol. The van der Waals surface area contributed by atoms with Crippen molar-refractivity contribution < 1.29 is 13.3 Å². The topological polar surface area (TPSA) is 110 Å². The predicted octanol–water partition coefficient (Wildman–Crippen LogP) is 2.00. The molecule has 0 saturated carbocycles. The number of nitro groups is 1. The Balaban J connectivity index is 0.00000576. The van der Waals surface area contributed by atoms with Crippen LogP contribution in [0.15, 0.2) is 23.1 Å². The maximum absolute atomic E-state index is 12.9. The molecule has 0 aliphatic rings. The van der Waals surface area contributed by atoms with Crippen LogP contribution in [0.3, 0.4) is 0 Å². The molecule has 144 valence electrons. The summed E-state index contributed by atoms with van der Waals surface area (Å²) >= 11 is 0. The van der Waals surface area contributed by atoms with Gasteiger partial charge in [-0.2, -0.15) is 4.31 Å². The quantitative estimate of drug-likeness (QED) is 0.506. The first-order valence-corrected chi connectivity index (χ1v) is 9.27. The minimum absolute atomic E-state index is 0. The van der Waals surface area contributed by atoms with Gasteiger partial charge in [-0.05, 0) is 38.7 Å². The van der Waals surface area contributed by atoms with E-state index in [1.807, 2.05) is 19.0 Å². The standard InChI is InChI=1S/C15H26N4O4S.ClH/c1-5-18(6-2)24(22,23)15-11-12(19(20)21)7-8-13(15)14(16)9-10-17(3)4;/h7-8,11,14H,5-6,9-10,16H2,1-4H3;1H. The molecule has 2 N–H and O–H groups in total. The van der Waals surface area contributed by atoms with Gasteiger partial charge in [0.15, 0.2) is 0 Å². The Labute approximate surface area is 155 Å². The Morgan fingerprint density at radius 3 is 2.24 bits per heavy atom. The van der Waals surface area contributed by atoms with Crippen LogP contribution in [-0.4, -0.2) is 56.3 Å². The van der Waals surface area contributed by atoms with Gasteiger partial charge in [-0.3, -0.25) is 10.1 Å². The second-order valence-corrected chi connectivity index (χ2v) is 7.67. The highest BCUT2D eigenvalue weighted by atomic mass is 35.5. The van der Waals surface area contributed by atoms with Gasteiger partial charge in [0.25, 0.3) is 5.69 Å². The van der Waals surface area contributed by atoms with Crippen LogP contribution in [0.1, 0.15) is 31.9 Å². The second-order valence-electron chi connectivity index (χ2n) is 5.77. The molecule has 25 heavy (non-hydrogen) atoms. The molecule has 0 aromatic heterocycles. The van der Waals surface area contributed by atoms with Crippen LogP contribution in [0.25, 0.3) is 0 Å². The molecular weight excluding hydrogens is 368 g/mol. The van der Waals surface area contributed by atoms with Crippen molar-refractivity contribution in [3.63, 3.8) is 0 Å². The SMILES string of the molecule is CCN(CC)S(=O)(=O)c1cc([N+](=O)[O-])ccc1C(N)CCN(C)C.Cl. The molecule has 8 nitrogen and oxygen atoms in total. The maximum atomic E-state index is 12.9. The summed E-state index contributed by atoms with van der Waals surface area (Å²) in [7, 11) is -0.0383. The van der Waals surface area contributed by atoms with E-state index in [1.54, 1.807) is 13.8 Å². The van der Waals surface area contributed by atoms with Crippen molar-refractivity contribution in [1.29, 1.82) is 0 Å². The molecule has 0 saturated heterocycles. The lowest BCUT2D eigenvalue weighted by Gasteiger charge is -2.23. The van der Waals surface area contributed by atoms with E-state index in [2.05, 4.69) is 0 Å². The number of nitrogens with two attached hydrogens (primary N) is 1. The van der Waals surface area contributed by atoms with Gasteiger partial charge in [0.2, 0.25) is 10.0 Å². The zero-order chi connectivity index (χ0) is 18.5. The first-order valence-electron chi connectivity index (χ1n) is 7.83. The fourth-order valence-electron chi connectivity index (χ4n) is 2.42. The molecule has 0 spiro atoms. The van der Waals surface area contributed by atoms with Crippen LogP contribution >= 0.6 is 12.4 Å². The number of nitrogens with zero attached hydrogens (tertiary/aromatic N) is 3. The number of nitro benzene ring substituents is 1. The molecule has 0 aliphatic heterocycles. The Morgan fingerprint density at radius 2 is 1.80 bits per heavy atom. The molecule has 1 aromatic rings. The van der Waals surface area contributed by atoms with E-state index in [0.717, 1.165) is 6.07 Å². The minimum atomic E-state index is -3.84. The maximum Gasteiger partial charge on any atom is 0.270 e. The van der Waals surface area contributed by atoms with Crippen LogP contribution in [0, 0.1) is 10.1 Å². The van der Waals surface area contributed by atoms with Crippen LogP contribution in [-0.2, 0) is 10.0 Å². The van der Waals surface area contributed by atoms with Crippen molar-refractivity contribution >= 4 is 28.1 Å². The fourth-order valence-corrected chi connectivity index (χ4v) is 4.17. The van der Waals surface area contributed by atoms with Gasteiger partial charge in [-0.1, -0.05) is 13.8 Å². The summed E-state index contributed by atoms with van der Waals surface area (Å²) in [6.07, 6.45) is 0.547. The third-order valence-electron chi connectivity index (χ3n) is 3.82. The summed E-state index contributed by atoms with van der Waals surface area (Å²) < 4.78 is 27.0. The fraction of sp³-hybridized carbons (Fsp3) is 0.600. The lowest BCUT2D eigenvalue weighted by Crippen LogP contribution is -2.32. The third-order valence-corrected chi connectivity index (χ3v) is 5.92. The highest BCUT2D eigenvalue weighted by Gasteiger charge is 2.29. The lowest BCUT2D eigenvalue weighted by atomic mass is 10.0. The molecule has 1 unspecified atom stereocenters. The highest BCUT2D eigenvalue weighted by molar-refractivity contribution is 7.89. The van der Waals surface area contributed by atoms with E-state index in [0.29, 0.717) is 18.5 Å². The normalized spacial score (nSPS) is 12.9. The Bertz CT molecular complexity index is 678. The summed E-state index contributed by atoms with van der Waals surface area (Å²) in [5.74, 6) is 0. The number of benzene rings is 1. The molecule has 1 rings (SSSR count). The molecule has 0 aliphatic carbocycles. The molecule has 0 bridgehead atoms. The zero-order valence-corrected chi connectivity index (χ0v) is 16.6. The van der Waals surface area contributed by atoms with Gasteiger partial charge in [0, 0.05) is 31.3 Å². The van der Waals surface area contributed by atoms with Crippen molar-refractivity contribution in [3.8, 4) is 0 Å². The molecule has 0 amide bonds. The monoisotopic (exact) mass is 394 g/mol. The van der Waals surface area contributed by atoms with Gasteiger partial charge in [-0.15, -0.1) is 12.4 Å². The van der Waals surface area contributed by atoms with Crippen molar-refractivity contribution in [3.05, 3.63) is 33.9 Å². The molecule has 0 radical (unpaired) electrons. The van der Waals surface area contributed by atoms with Crippen LogP contribution in [0.5, 0.6) is 0 Å². The molecule has 1 atom stereocenters. The number of sulfonamides is 1. The lowest BCUT2D eigenvalue weighted by molar-refractivity contribution is -0.385. The Kier molecular flexibility index (Phi) is 9.52. The van der Waals surface area contributed by atoms with E-state index in [9.17, 15) is 18.5 Å². The number of halogens is 1. The second kappa shape index (κ2) is 10.0. The van der Waals surface area contributed by atoms with Gasteiger partial charge < -0.3 is 10.6 Å². The average Bonchev–Trinajstić information content (AvgIpc) is 2.52. The molecular formula is C15H27ClN4O4S. The van der Waals surface area contributed by atoms with Gasteiger partial charge in [0.1, 0.15) is 0 Å². The van der Waals surface area contributed by atoms with Crippen LogP contribution in [0.4, 0.5) is 5.69 Å². The molecule has 0 heterocycles.